The largest absolute Gasteiger partial charge is 0.484 e. The number of nitrogens with one attached hydrogen (secondary N) is 1. The zero-order valence-electron chi connectivity index (χ0n) is 14.9. The van der Waals surface area contributed by atoms with Gasteiger partial charge >= 0.3 is 0 Å². The molecule has 0 radical (unpaired) electrons. The van der Waals surface area contributed by atoms with Crippen LogP contribution in [0.5, 0.6) is 5.75 Å². The van der Waals surface area contributed by atoms with Crippen LogP contribution in [0.4, 0.5) is 0 Å². The lowest BCUT2D eigenvalue weighted by atomic mass is 10.1. The highest BCUT2D eigenvalue weighted by molar-refractivity contribution is 8.00. The van der Waals surface area contributed by atoms with Gasteiger partial charge < -0.3 is 14.1 Å². The number of Topliss-reactive ketones (excluding diaryl/α,β-unsaturated/α-hetero) is 1. The monoisotopic (exact) mass is 413 g/mol. The summed E-state index contributed by atoms with van der Waals surface area (Å²) in [6, 6.07) is 14.7. The van der Waals surface area contributed by atoms with Gasteiger partial charge in [-0.2, -0.15) is 0 Å². The van der Waals surface area contributed by atoms with Gasteiger partial charge in [-0.1, -0.05) is 41.6 Å². The van der Waals surface area contributed by atoms with Gasteiger partial charge in [-0.3, -0.25) is 4.79 Å². The van der Waals surface area contributed by atoms with Gasteiger partial charge in [0.15, 0.2) is 12.4 Å². The van der Waals surface area contributed by atoms with E-state index in [0.29, 0.717) is 27.4 Å². The lowest BCUT2D eigenvalue weighted by Gasteiger charge is -2.06. The van der Waals surface area contributed by atoms with E-state index in [1.54, 1.807) is 30.5 Å². The van der Waals surface area contributed by atoms with E-state index in [9.17, 15) is 4.79 Å². The summed E-state index contributed by atoms with van der Waals surface area (Å²) < 4.78 is 11.2. The second kappa shape index (κ2) is 8.08. The summed E-state index contributed by atoms with van der Waals surface area (Å²) in [6.45, 7) is 1.96. The third kappa shape index (κ3) is 4.05. The number of para-hydroxylation sites is 1. The molecule has 4 aromatic rings. The van der Waals surface area contributed by atoms with Crippen molar-refractivity contribution in [1.82, 2.24) is 15.2 Å². The molecule has 8 heteroatoms. The van der Waals surface area contributed by atoms with Gasteiger partial charge in [0.1, 0.15) is 5.75 Å². The van der Waals surface area contributed by atoms with E-state index < -0.39 is 0 Å². The minimum atomic E-state index is -0.371. The quantitative estimate of drug-likeness (QED) is 0.333. The summed E-state index contributed by atoms with van der Waals surface area (Å²) >= 11 is 7.07. The Balaban J connectivity index is 1.39. The molecule has 2 heterocycles. The number of ether oxygens (including phenoxy) is 1. The molecule has 4 rings (SSSR count). The summed E-state index contributed by atoms with van der Waals surface area (Å²) in [6.07, 6.45) is 1.74. The van der Waals surface area contributed by atoms with Crippen LogP contribution in [0.3, 0.4) is 0 Å². The maximum Gasteiger partial charge on any atom is 0.277 e. The van der Waals surface area contributed by atoms with Gasteiger partial charge in [0.2, 0.25) is 0 Å². The minimum Gasteiger partial charge on any atom is -0.484 e. The Hall–Kier alpha value is -2.77. The van der Waals surface area contributed by atoms with Gasteiger partial charge in [0, 0.05) is 27.7 Å². The molecule has 1 N–H and O–H groups in total. The molecular weight excluding hydrogens is 398 g/mol. The summed E-state index contributed by atoms with van der Waals surface area (Å²) in [5.74, 6) is 0.989. The summed E-state index contributed by atoms with van der Waals surface area (Å²) in [7, 11) is 0. The SMILES string of the molecule is CC(Sc1nnc(COc2ccc(Cl)cc2)o1)C(=O)c1c[nH]c2ccccc12. The zero-order valence-corrected chi connectivity index (χ0v) is 16.5. The molecule has 0 fully saturated rings. The van der Waals surface area contributed by atoms with E-state index in [4.69, 9.17) is 20.8 Å². The Morgan fingerprint density at radius 3 is 2.82 bits per heavy atom. The normalized spacial score (nSPS) is 12.2. The van der Waals surface area contributed by atoms with Gasteiger partial charge in [-0.15, -0.1) is 10.2 Å². The van der Waals surface area contributed by atoms with Crippen LogP contribution >= 0.6 is 23.4 Å². The first kappa shape index (κ1) is 18.6. The van der Waals surface area contributed by atoms with Crippen LogP contribution in [-0.2, 0) is 6.61 Å². The van der Waals surface area contributed by atoms with Crippen molar-refractivity contribution in [2.75, 3.05) is 0 Å². The fourth-order valence-corrected chi connectivity index (χ4v) is 3.61. The molecule has 0 aliphatic carbocycles. The number of aromatic amines is 1. The zero-order chi connectivity index (χ0) is 19.5. The molecular formula is C20H16ClN3O3S. The van der Waals surface area contributed by atoms with Gasteiger partial charge in [0.25, 0.3) is 11.1 Å². The number of aromatic nitrogens is 3. The average molecular weight is 414 g/mol. The number of fused-ring (bicyclic) bond motifs is 1. The number of benzene rings is 2. The van der Waals surface area contributed by atoms with Crippen LogP contribution in [-0.4, -0.2) is 26.2 Å². The Bertz CT molecular complexity index is 1110. The first-order valence-electron chi connectivity index (χ1n) is 8.58. The molecule has 0 aliphatic heterocycles. The predicted octanol–water partition coefficient (Wildman–Crippen LogP) is 5.15. The maximum atomic E-state index is 12.8. The maximum absolute atomic E-state index is 12.8. The molecule has 28 heavy (non-hydrogen) atoms. The van der Waals surface area contributed by atoms with Crippen molar-refractivity contribution >= 4 is 40.0 Å². The van der Waals surface area contributed by atoms with Gasteiger partial charge in [-0.25, -0.2) is 0 Å². The number of nitrogens with zero attached hydrogens (tertiary/aromatic N) is 2. The lowest BCUT2D eigenvalue weighted by molar-refractivity contribution is 0.0995. The standard InChI is InChI=1S/C20H16ClN3O3S/c1-12(19(25)16-10-22-17-5-3-2-4-15(16)17)28-20-24-23-18(27-20)11-26-14-8-6-13(21)7-9-14/h2-10,12,22H,11H2,1H3. The molecule has 0 bridgehead atoms. The summed E-state index contributed by atoms with van der Waals surface area (Å²) in [5.41, 5.74) is 1.59. The van der Waals surface area contributed by atoms with E-state index in [1.807, 2.05) is 31.2 Å². The number of H-pyrrole nitrogens is 1. The highest BCUT2D eigenvalue weighted by Gasteiger charge is 2.22. The molecule has 2 aromatic heterocycles. The second-order valence-corrected chi connectivity index (χ2v) is 7.81. The highest BCUT2D eigenvalue weighted by Crippen LogP contribution is 2.27. The van der Waals surface area contributed by atoms with Crippen molar-refractivity contribution in [3.05, 3.63) is 71.2 Å². The number of thioether (sulfide) groups is 1. The van der Waals surface area contributed by atoms with Gasteiger partial charge in [-0.05, 0) is 37.3 Å². The van der Waals surface area contributed by atoms with Crippen molar-refractivity contribution in [2.45, 2.75) is 24.0 Å². The van der Waals surface area contributed by atoms with Crippen LogP contribution in [0.25, 0.3) is 10.9 Å². The number of carbonyl (C=O) groups excluding carboxylic acids is 1. The lowest BCUT2D eigenvalue weighted by Crippen LogP contribution is -2.13. The molecule has 1 unspecified atom stereocenters. The Kier molecular flexibility index (Phi) is 5.36. The third-order valence-electron chi connectivity index (χ3n) is 4.13. The van der Waals surface area contributed by atoms with E-state index in [1.165, 1.54) is 11.8 Å². The number of hydrogen-bond donors (Lipinski definition) is 1. The van der Waals surface area contributed by atoms with E-state index in [-0.39, 0.29) is 17.6 Å². The number of ketones is 1. The molecule has 0 saturated heterocycles. The number of rotatable bonds is 7. The first-order valence-corrected chi connectivity index (χ1v) is 9.83. The number of halogens is 1. The van der Waals surface area contributed by atoms with Crippen LogP contribution in [0.15, 0.2) is 64.4 Å². The molecule has 142 valence electrons. The van der Waals surface area contributed by atoms with E-state index in [2.05, 4.69) is 15.2 Å². The van der Waals surface area contributed by atoms with Crippen LogP contribution < -0.4 is 4.74 Å². The molecule has 0 saturated carbocycles. The highest BCUT2D eigenvalue weighted by atomic mass is 35.5. The Morgan fingerprint density at radius 1 is 1.21 bits per heavy atom. The Labute approximate surface area is 170 Å². The van der Waals surface area contributed by atoms with E-state index in [0.717, 1.165) is 10.9 Å². The fourth-order valence-electron chi connectivity index (χ4n) is 2.72. The first-order chi connectivity index (χ1) is 13.6. The van der Waals surface area contributed by atoms with Crippen molar-refractivity contribution in [3.63, 3.8) is 0 Å². The number of hydrogen-bond acceptors (Lipinski definition) is 6. The second-order valence-electron chi connectivity index (χ2n) is 6.08. The summed E-state index contributed by atoms with van der Waals surface area (Å²) in [4.78, 5) is 15.9. The van der Waals surface area contributed by atoms with Gasteiger partial charge in [0.05, 0.1) is 5.25 Å². The van der Waals surface area contributed by atoms with Crippen LogP contribution in [0.1, 0.15) is 23.2 Å². The molecule has 0 amide bonds. The summed E-state index contributed by atoms with van der Waals surface area (Å²) in [5, 5.41) is 9.46. The third-order valence-corrected chi connectivity index (χ3v) is 5.31. The molecule has 6 nitrogen and oxygen atoms in total. The molecule has 1 atom stereocenters. The van der Waals surface area contributed by atoms with Crippen LogP contribution in [0.2, 0.25) is 5.02 Å². The topological polar surface area (TPSA) is 81.0 Å². The predicted molar refractivity (Wildman–Crippen MR) is 108 cm³/mol. The van der Waals surface area contributed by atoms with Crippen molar-refractivity contribution in [3.8, 4) is 5.75 Å². The smallest absolute Gasteiger partial charge is 0.277 e. The molecule has 0 aliphatic rings. The van der Waals surface area contributed by atoms with Crippen molar-refractivity contribution in [1.29, 1.82) is 0 Å². The molecule has 2 aromatic carbocycles. The molecule has 0 spiro atoms. The fraction of sp³-hybridized carbons (Fsp3) is 0.150. The van der Waals surface area contributed by atoms with E-state index >= 15 is 0 Å². The number of carbonyl (C=O) groups is 1. The average Bonchev–Trinajstić information content (AvgIpc) is 3.34. The minimum absolute atomic E-state index is 0.000357. The van der Waals surface area contributed by atoms with Crippen LogP contribution in [0, 0.1) is 0 Å². The van der Waals surface area contributed by atoms with Crippen molar-refractivity contribution < 1.29 is 13.9 Å². The van der Waals surface area contributed by atoms with Crippen molar-refractivity contribution in [2.24, 2.45) is 0 Å². The Morgan fingerprint density at radius 2 is 2.00 bits per heavy atom.